The van der Waals surface area contributed by atoms with Crippen LogP contribution in [0.3, 0.4) is 0 Å². The van der Waals surface area contributed by atoms with Crippen molar-refractivity contribution in [2.45, 2.75) is 12.5 Å². The molecular formula is C19H18F4N5O5P. The van der Waals surface area contributed by atoms with Gasteiger partial charge >= 0.3 is 20.4 Å². The first kappa shape index (κ1) is 25.3. The second-order valence-electron chi connectivity index (χ2n) is 6.53. The van der Waals surface area contributed by atoms with Crippen molar-refractivity contribution in [1.82, 2.24) is 15.0 Å². The fourth-order valence-electron chi connectivity index (χ4n) is 2.62. The van der Waals surface area contributed by atoms with Crippen molar-refractivity contribution < 1.29 is 41.2 Å². The van der Waals surface area contributed by atoms with E-state index >= 15 is 0 Å². The second kappa shape index (κ2) is 10.7. The van der Waals surface area contributed by atoms with Gasteiger partial charge in [-0.25, -0.2) is 19.5 Å². The van der Waals surface area contributed by atoms with Crippen LogP contribution < -0.4 is 15.4 Å². The Morgan fingerprint density at radius 2 is 1.88 bits per heavy atom. The number of aromatic nitrogens is 3. The molecular weight excluding hydrogens is 485 g/mol. The van der Waals surface area contributed by atoms with Crippen LogP contribution in [0.2, 0.25) is 0 Å². The molecule has 182 valence electrons. The maximum Gasteiger partial charge on any atom is 0.469 e. The van der Waals surface area contributed by atoms with Crippen LogP contribution in [-0.2, 0) is 9.09 Å². The summed E-state index contributed by atoms with van der Waals surface area (Å²) in [6.07, 6.45) is -5.72. The first-order valence-electron chi connectivity index (χ1n) is 9.48. The van der Waals surface area contributed by atoms with E-state index in [1.807, 2.05) is 0 Å². The van der Waals surface area contributed by atoms with Gasteiger partial charge in [-0.3, -0.25) is 4.52 Å². The fourth-order valence-corrected chi connectivity index (χ4v) is 2.95. The van der Waals surface area contributed by atoms with Crippen LogP contribution in [0, 0.1) is 0 Å². The Kier molecular flexibility index (Phi) is 7.99. The van der Waals surface area contributed by atoms with Gasteiger partial charge in [-0.15, -0.1) is 0 Å². The molecule has 0 saturated carbocycles. The molecule has 0 aliphatic heterocycles. The Bertz CT molecular complexity index is 1170. The number of alkyl halides is 4. The van der Waals surface area contributed by atoms with Crippen LogP contribution >= 0.6 is 7.82 Å². The summed E-state index contributed by atoms with van der Waals surface area (Å²) < 4.78 is 70.3. The highest BCUT2D eigenvalue weighted by Crippen LogP contribution is 2.35. The Labute approximate surface area is 190 Å². The summed E-state index contributed by atoms with van der Waals surface area (Å²) in [7, 11) is -4.59. The number of benzene rings is 1. The zero-order chi connectivity index (χ0) is 24.8. The molecule has 1 aromatic carbocycles. The molecule has 2 heterocycles. The van der Waals surface area contributed by atoms with Gasteiger partial charge in [0, 0.05) is 36.3 Å². The summed E-state index contributed by atoms with van der Waals surface area (Å²) in [5, 5.41) is 5.66. The molecule has 0 bridgehead atoms. The largest absolute Gasteiger partial charge is 0.469 e. The van der Waals surface area contributed by atoms with Crippen molar-refractivity contribution in [1.29, 1.82) is 0 Å². The highest BCUT2D eigenvalue weighted by Gasteiger charge is 2.44. The Morgan fingerprint density at radius 3 is 2.62 bits per heavy atom. The van der Waals surface area contributed by atoms with Crippen molar-refractivity contribution in [3.05, 3.63) is 54.9 Å². The molecule has 10 nitrogen and oxygen atoms in total. The first-order chi connectivity index (χ1) is 16.0. The minimum Gasteiger partial charge on any atom is -0.428 e. The smallest absolute Gasteiger partial charge is 0.428 e. The predicted molar refractivity (Wildman–Crippen MR) is 113 cm³/mol. The van der Waals surface area contributed by atoms with Gasteiger partial charge in [0.05, 0.1) is 12.3 Å². The molecule has 34 heavy (non-hydrogen) atoms. The van der Waals surface area contributed by atoms with E-state index in [1.54, 1.807) is 18.2 Å². The number of anilines is 3. The van der Waals surface area contributed by atoms with Crippen molar-refractivity contribution in [3.8, 4) is 17.0 Å². The number of ether oxygens (including phenoxy) is 1. The topological polar surface area (TPSA) is 139 Å². The Balaban J connectivity index is 1.74. The van der Waals surface area contributed by atoms with Gasteiger partial charge in [0.1, 0.15) is 11.6 Å². The highest BCUT2D eigenvalue weighted by atomic mass is 31.2. The fraction of sp³-hybridized carbons (Fsp3) is 0.211. The van der Waals surface area contributed by atoms with Gasteiger partial charge in [0.2, 0.25) is 5.95 Å². The molecule has 3 aromatic rings. The number of hydrogen-bond donors (Lipinski definition) is 4. The van der Waals surface area contributed by atoms with Crippen LogP contribution in [0.15, 0.2) is 54.9 Å². The van der Waals surface area contributed by atoms with Crippen molar-refractivity contribution >= 4 is 25.3 Å². The minimum atomic E-state index is -4.64. The molecule has 0 atom stereocenters. The standard InChI is InChI=1S/C19H18F4N5O5P/c20-17(21)19(22,23)33-13-4-1-3-12(11-13)27-18-26-8-6-15(28-18)14-5-2-7-24-16(14)25-9-10-32-34(29,30)31/h1-8,11,17H,9-10H2,(H,24,25)(H,26,27,28)(H2,29,30,31). The summed E-state index contributed by atoms with van der Waals surface area (Å²) in [5.41, 5.74) is 1.14. The second-order valence-corrected chi connectivity index (χ2v) is 7.77. The Morgan fingerprint density at radius 1 is 1.09 bits per heavy atom. The van der Waals surface area contributed by atoms with Crippen molar-refractivity contribution in [2.75, 3.05) is 23.8 Å². The monoisotopic (exact) mass is 503 g/mol. The van der Waals surface area contributed by atoms with Crippen molar-refractivity contribution in [3.63, 3.8) is 0 Å². The zero-order valence-corrected chi connectivity index (χ0v) is 18.0. The van der Waals surface area contributed by atoms with Crippen LogP contribution in [0.4, 0.5) is 35.0 Å². The van der Waals surface area contributed by atoms with E-state index in [0.717, 1.165) is 12.1 Å². The SMILES string of the molecule is O=P(O)(O)OCCNc1ncccc1-c1ccnc(Nc2cccc(OC(F)(F)C(F)F)c2)n1. The molecule has 0 aliphatic rings. The van der Waals surface area contributed by atoms with Gasteiger partial charge in [-0.05, 0) is 30.3 Å². The number of pyridine rings is 1. The molecule has 0 aliphatic carbocycles. The summed E-state index contributed by atoms with van der Waals surface area (Å²) >= 11 is 0. The third-order valence-corrected chi connectivity index (χ3v) is 4.51. The van der Waals surface area contributed by atoms with E-state index in [4.69, 9.17) is 9.79 Å². The van der Waals surface area contributed by atoms with E-state index in [-0.39, 0.29) is 24.8 Å². The van der Waals surface area contributed by atoms with Gasteiger partial charge in [0.25, 0.3) is 0 Å². The van der Waals surface area contributed by atoms with Crippen LogP contribution in [0.5, 0.6) is 5.75 Å². The maximum absolute atomic E-state index is 13.2. The van der Waals surface area contributed by atoms with E-state index in [2.05, 4.69) is 34.8 Å². The van der Waals surface area contributed by atoms with Crippen molar-refractivity contribution in [2.24, 2.45) is 0 Å². The van der Waals surface area contributed by atoms with Crippen LogP contribution in [0.25, 0.3) is 11.3 Å². The molecule has 0 spiro atoms. The van der Waals surface area contributed by atoms with E-state index in [0.29, 0.717) is 17.1 Å². The van der Waals surface area contributed by atoms with Crippen LogP contribution in [0.1, 0.15) is 0 Å². The number of phosphoric acid groups is 1. The molecule has 0 radical (unpaired) electrons. The normalized spacial score (nSPS) is 12.0. The number of nitrogens with one attached hydrogen (secondary N) is 2. The third kappa shape index (κ3) is 7.35. The van der Waals surface area contributed by atoms with Gasteiger partial charge in [-0.1, -0.05) is 6.07 Å². The zero-order valence-electron chi connectivity index (χ0n) is 17.1. The molecule has 0 fully saturated rings. The molecule has 4 N–H and O–H groups in total. The molecule has 2 aromatic heterocycles. The number of nitrogens with zero attached hydrogens (tertiary/aromatic N) is 3. The van der Waals surface area contributed by atoms with Gasteiger partial charge < -0.3 is 25.2 Å². The quantitative estimate of drug-likeness (QED) is 0.172. The van der Waals surface area contributed by atoms with E-state index in [1.165, 1.54) is 24.5 Å². The predicted octanol–water partition coefficient (Wildman–Crippen LogP) is 4.04. The lowest BCUT2D eigenvalue weighted by atomic mass is 10.2. The molecule has 0 saturated heterocycles. The third-order valence-electron chi connectivity index (χ3n) is 3.99. The molecule has 0 unspecified atom stereocenters. The number of phosphoric ester groups is 1. The van der Waals surface area contributed by atoms with Gasteiger partial charge in [0.15, 0.2) is 0 Å². The summed E-state index contributed by atoms with van der Waals surface area (Å²) in [6, 6.07) is 9.89. The molecule has 3 rings (SSSR count). The van der Waals surface area contributed by atoms with Crippen LogP contribution in [-0.4, -0.2) is 50.4 Å². The maximum atomic E-state index is 13.2. The summed E-state index contributed by atoms with van der Waals surface area (Å²) in [4.78, 5) is 30.0. The molecule has 15 heteroatoms. The summed E-state index contributed by atoms with van der Waals surface area (Å²) in [6.45, 7) is -0.235. The first-order valence-corrected chi connectivity index (χ1v) is 11.0. The van der Waals surface area contributed by atoms with Gasteiger partial charge in [-0.2, -0.15) is 17.6 Å². The highest BCUT2D eigenvalue weighted by molar-refractivity contribution is 7.46. The average Bonchev–Trinajstić information content (AvgIpc) is 2.76. The lowest BCUT2D eigenvalue weighted by molar-refractivity contribution is -0.253. The van der Waals surface area contributed by atoms with E-state index < -0.39 is 26.1 Å². The molecule has 0 amide bonds. The minimum absolute atomic E-state index is 0.0430. The lowest BCUT2D eigenvalue weighted by Crippen LogP contribution is -2.33. The number of halogens is 4. The summed E-state index contributed by atoms with van der Waals surface area (Å²) in [5.74, 6) is -0.0660. The Hall–Kier alpha value is -3.32. The number of hydrogen-bond acceptors (Lipinski definition) is 8. The lowest BCUT2D eigenvalue weighted by Gasteiger charge is -2.17. The average molecular weight is 503 g/mol. The number of rotatable bonds is 11. The van der Waals surface area contributed by atoms with E-state index in [9.17, 15) is 22.1 Å².